The van der Waals surface area contributed by atoms with E-state index in [0.29, 0.717) is 22.2 Å². The molecule has 4 heteroatoms. The van der Waals surface area contributed by atoms with E-state index >= 15 is 0 Å². The Balaban J connectivity index is 2.68. The van der Waals surface area contributed by atoms with Crippen LogP contribution in [-0.2, 0) is 4.79 Å². The summed E-state index contributed by atoms with van der Waals surface area (Å²) in [5.74, 6) is 0.338. The lowest BCUT2D eigenvalue weighted by Gasteiger charge is -2.07. The Morgan fingerprint density at radius 2 is 2.07 bits per heavy atom. The minimum Gasteiger partial charge on any atom is -0.425 e. The van der Waals surface area contributed by atoms with Crippen LogP contribution in [0.1, 0.15) is 20.3 Å². The molecule has 0 aromatic heterocycles. The molecule has 0 amide bonds. The first-order chi connectivity index (χ1) is 6.99. The van der Waals surface area contributed by atoms with Gasteiger partial charge in [0.2, 0.25) is 0 Å². The molecule has 15 heavy (non-hydrogen) atoms. The fraction of sp³-hybridized carbons (Fsp3) is 0.364. The Kier molecular flexibility index (Phi) is 4.43. The summed E-state index contributed by atoms with van der Waals surface area (Å²) in [6.07, 6.45) is 0.374. The van der Waals surface area contributed by atoms with Crippen molar-refractivity contribution in [3.63, 3.8) is 0 Å². The molecule has 0 aliphatic rings. The standard InChI is InChI=1S/C11H12Cl2O2/c1-7(2)5-11(14)15-10-4-3-8(12)6-9(10)13/h3-4,6-7H,5H2,1-2H3. The molecule has 0 aliphatic heterocycles. The number of carbonyl (C=O) groups excluding carboxylic acids is 1. The van der Waals surface area contributed by atoms with Gasteiger partial charge in [0.05, 0.1) is 5.02 Å². The monoisotopic (exact) mass is 246 g/mol. The number of ether oxygens (including phenoxy) is 1. The molecular formula is C11H12Cl2O2. The van der Waals surface area contributed by atoms with E-state index < -0.39 is 0 Å². The van der Waals surface area contributed by atoms with Gasteiger partial charge in [-0.1, -0.05) is 37.0 Å². The Hall–Kier alpha value is -0.730. The number of rotatable bonds is 3. The van der Waals surface area contributed by atoms with E-state index in [0.717, 1.165) is 0 Å². The molecule has 0 unspecified atom stereocenters. The lowest BCUT2D eigenvalue weighted by atomic mass is 10.1. The highest BCUT2D eigenvalue weighted by atomic mass is 35.5. The van der Waals surface area contributed by atoms with Gasteiger partial charge in [0.15, 0.2) is 0 Å². The van der Waals surface area contributed by atoms with Gasteiger partial charge in [-0.15, -0.1) is 0 Å². The summed E-state index contributed by atoms with van der Waals surface area (Å²) >= 11 is 11.6. The van der Waals surface area contributed by atoms with Crippen molar-refractivity contribution in [2.24, 2.45) is 5.92 Å². The molecule has 0 bridgehead atoms. The smallest absolute Gasteiger partial charge is 0.311 e. The zero-order chi connectivity index (χ0) is 11.4. The van der Waals surface area contributed by atoms with Gasteiger partial charge in [-0.2, -0.15) is 0 Å². The molecule has 0 saturated carbocycles. The van der Waals surface area contributed by atoms with Crippen molar-refractivity contribution in [3.8, 4) is 5.75 Å². The summed E-state index contributed by atoms with van der Waals surface area (Å²) in [6, 6.07) is 4.76. The zero-order valence-electron chi connectivity index (χ0n) is 8.59. The van der Waals surface area contributed by atoms with Gasteiger partial charge < -0.3 is 4.74 Å². The minimum atomic E-state index is -0.283. The molecule has 0 aliphatic carbocycles. The molecule has 0 heterocycles. The highest BCUT2D eigenvalue weighted by Crippen LogP contribution is 2.27. The average molecular weight is 247 g/mol. The van der Waals surface area contributed by atoms with E-state index in [9.17, 15) is 4.79 Å². The highest BCUT2D eigenvalue weighted by molar-refractivity contribution is 6.35. The van der Waals surface area contributed by atoms with Gasteiger partial charge in [0.25, 0.3) is 0 Å². The average Bonchev–Trinajstić information content (AvgIpc) is 2.08. The number of hydrogen-bond acceptors (Lipinski definition) is 2. The van der Waals surface area contributed by atoms with Crippen molar-refractivity contribution >= 4 is 29.2 Å². The van der Waals surface area contributed by atoms with Crippen LogP contribution >= 0.6 is 23.2 Å². The second kappa shape index (κ2) is 5.38. The zero-order valence-corrected chi connectivity index (χ0v) is 10.1. The van der Waals surface area contributed by atoms with Crippen molar-refractivity contribution in [3.05, 3.63) is 28.2 Å². The van der Waals surface area contributed by atoms with Crippen LogP contribution in [0.5, 0.6) is 5.75 Å². The third kappa shape index (κ3) is 4.10. The van der Waals surface area contributed by atoms with E-state index in [4.69, 9.17) is 27.9 Å². The van der Waals surface area contributed by atoms with E-state index in [1.165, 1.54) is 0 Å². The summed E-state index contributed by atoms with van der Waals surface area (Å²) in [7, 11) is 0. The van der Waals surface area contributed by atoms with Gasteiger partial charge in [0.1, 0.15) is 5.75 Å². The Bertz CT molecular complexity index is 362. The van der Waals surface area contributed by atoms with Crippen molar-refractivity contribution in [1.82, 2.24) is 0 Å². The van der Waals surface area contributed by atoms with Crippen LogP contribution in [-0.4, -0.2) is 5.97 Å². The first kappa shape index (κ1) is 12.3. The number of esters is 1. The van der Waals surface area contributed by atoms with Gasteiger partial charge in [-0.25, -0.2) is 0 Å². The molecule has 0 saturated heterocycles. The fourth-order valence-electron chi connectivity index (χ4n) is 1.06. The maximum absolute atomic E-state index is 11.3. The number of benzene rings is 1. The SMILES string of the molecule is CC(C)CC(=O)Oc1ccc(Cl)cc1Cl. The molecule has 1 rings (SSSR count). The van der Waals surface area contributed by atoms with Crippen LogP contribution in [0.2, 0.25) is 10.0 Å². The summed E-state index contributed by atoms with van der Waals surface area (Å²) in [4.78, 5) is 11.3. The van der Waals surface area contributed by atoms with Gasteiger partial charge in [-0.3, -0.25) is 4.79 Å². The molecule has 2 nitrogen and oxygen atoms in total. The van der Waals surface area contributed by atoms with Crippen LogP contribution < -0.4 is 4.74 Å². The topological polar surface area (TPSA) is 26.3 Å². The Morgan fingerprint density at radius 3 is 2.60 bits per heavy atom. The predicted molar refractivity (Wildman–Crippen MR) is 61.6 cm³/mol. The molecule has 0 radical (unpaired) electrons. The Labute approximate surface area is 99.1 Å². The summed E-state index contributed by atoms with van der Waals surface area (Å²) < 4.78 is 5.08. The Morgan fingerprint density at radius 1 is 1.40 bits per heavy atom. The van der Waals surface area contributed by atoms with Crippen molar-refractivity contribution in [1.29, 1.82) is 0 Å². The summed E-state index contributed by atoms with van der Waals surface area (Å²) in [5.41, 5.74) is 0. The maximum atomic E-state index is 11.3. The first-order valence-corrected chi connectivity index (χ1v) is 5.40. The molecule has 0 fully saturated rings. The molecule has 1 aromatic carbocycles. The lowest BCUT2D eigenvalue weighted by molar-refractivity contribution is -0.135. The van der Waals surface area contributed by atoms with E-state index in [-0.39, 0.29) is 11.9 Å². The molecule has 82 valence electrons. The van der Waals surface area contributed by atoms with Crippen molar-refractivity contribution < 1.29 is 9.53 Å². The number of carbonyl (C=O) groups is 1. The normalized spacial score (nSPS) is 10.5. The predicted octanol–water partition coefficient (Wildman–Crippen LogP) is 3.94. The van der Waals surface area contributed by atoms with Crippen LogP contribution in [0.3, 0.4) is 0 Å². The molecule has 1 aromatic rings. The first-order valence-electron chi connectivity index (χ1n) is 4.64. The quantitative estimate of drug-likeness (QED) is 0.597. The van der Waals surface area contributed by atoms with E-state index in [2.05, 4.69) is 0 Å². The molecule has 0 atom stereocenters. The molecule has 0 spiro atoms. The van der Waals surface area contributed by atoms with Gasteiger partial charge in [0, 0.05) is 11.4 Å². The highest BCUT2D eigenvalue weighted by Gasteiger charge is 2.10. The second-order valence-electron chi connectivity index (χ2n) is 3.65. The summed E-state index contributed by atoms with van der Waals surface area (Å²) in [5, 5.41) is 0.864. The van der Waals surface area contributed by atoms with Crippen molar-refractivity contribution in [2.45, 2.75) is 20.3 Å². The third-order valence-electron chi connectivity index (χ3n) is 1.69. The van der Waals surface area contributed by atoms with Gasteiger partial charge in [-0.05, 0) is 24.1 Å². The van der Waals surface area contributed by atoms with Crippen LogP contribution in [0.25, 0.3) is 0 Å². The number of hydrogen-bond donors (Lipinski definition) is 0. The molecular weight excluding hydrogens is 235 g/mol. The molecule has 0 N–H and O–H groups in total. The number of halogens is 2. The maximum Gasteiger partial charge on any atom is 0.311 e. The van der Waals surface area contributed by atoms with E-state index in [1.807, 2.05) is 13.8 Å². The second-order valence-corrected chi connectivity index (χ2v) is 4.49. The van der Waals surface area contributed by atoms with Crippen LogP contribution in [0, 0.1) is 5.92 Å². The van der Waals surface area contributed by atoms with Gasteiger partial charge >= 0.3 is 5.97 Å². The minimum absolute atomic E-state index is 0.267. The summed E-state index contributed by atoms with van der Waals surface area (Å²) in [6.45, 7) is 3.90. The van der Waals surface area contributed by atoms with Crippen LogP contribution in [0.15, 0.2) is 18.2 Å². The van der Waals surface area contributed by atoms with Crippen molar-refractivity contribution in [2.75, 3.05) is 0 Å². The third-order valence-corrected chi connectivity index (χ3v) is 2.22. The van der Waals surface area contributed by atoms with E-state index in [1.54, 1.807) is 18.2 Å². The lowest BCUT2D eigenvalue weighted by Crippen LogP contribution is -2.10. The largest absolute Gasteiger partial charge is 0.425 e. The van der Waals surface area contributed by atoms with Crippen LogP contribution in [0.4, 0.5) is 0 Å². The fourth-order valence-corrected chi connectivity index (χ4v) is 1.50.